The van der Waals surface area contributed by atoms with Crippen LogP contribution >= 0.6 is 0 Å². The van der Waals surface area contributed by atoms with Crippen LogP contribution in [0.4, 0.5) is 0 Å². The highest BCUT2D eigenvalue weighted by Gasteiger charge is 2.17. The van der Waals surface area contributed by atoms with Gasteiger partial charge in [0.05, 0.1) is 19.3 Å². The van der Waals surface area contributed by atoms with Crippen molar-refractivity contribution in [2.75, 3.05) is 13.2 Å². The van der Waals surface area contributed by atoms with Gasteiger partial charge in [0, 0.05) is 11.6 Å². The first-order chi connectivity index (χ1) is 13.1. The van der Waals surface area contributed by atoms with E-state index in [1.807, 2.05) is 69.3 Å². The van der Waals surface area contributed by atoms with E-state index >= 15 is 0 Å². The van der Waals surface area contributed by atoms with Crippen LogP contribution < -0.4 is 14.8 Å². The van der Waals surface area contributed by atoms with Crippen molar-refractivity contribution in [3.05, 3.63) is 66.0 Å². The summed E-state index contributed by atoms with van der Waals surface area (Å²) in [5.41, 5.74) is 1.37. The maximum Gasteiger partial charge on any atom is 0.270 e. The summed E-state index contributed by atoms with van der Waals surface area (Å²) < 4.78 is 11.3. The Morgan fingerprint density at radius 3 is 2.56 bits per heavy atom. The molecule has 0 aliphatic carbocycles. The van der Waals surface area contributed by atoms with E-state index in [0.717, 1.165) is 16.3 Å². The second kappa shape index (κ2) is 8.54. The van der Waals surface area contributed by atoms with Crippen molar-refractivity contribution in [1.82, 2.24) is 10.3 Å². The third kappa shape index (κ3) is 4.19. The molecule has 1 aromatic heterocycles. The molecule has 0 saturated carbocycles. The van der Waals surface area contributed by atoms with Crippen LogP contribution in [0.25, 0.3) is 10.8 Å². The molecule has 0 radical (unpaired) electrons. The third-order valence-electron chi connectivity index (χ3n) is 4.30. The number of pyridine rings is 1. The van der Waals surface area contributed by atoms with Gasteiger partial charge in [0.25, 0.3) is 5.91 Å². The first kappa shape index (κ1) is 18.7. The van der Waals surface area contributed by atoms with E-state index in [1.54, 1.807) is 6.20 Å². The van der Waals surface area contributed by atoms with Gasteiger partial charge < -0.3 is 14.8 Å². The van der Waals surface area contributed by atoms with Crippen LogP contribution in [-0.4, -0.2) is 24.1 Å². The summed E-state index contributed by atoms with van der Waals surface area (Å²) in [6.07, 6.45) is 1.66. The van der Waals surface area contributed by atoms with Gasteiger partial charge in [-0.15, -0.1) is 0 Å². The van der Waals surface area contributed by atoms with Crippen molar-refractivity contribution < 1.29 is 14.3 Å². The number of amides is 1. The van der Waals surface area contributed by atoms with Gasteiger partial charge in [-0.2, -0.15) is 0 Å². The van der Waals surface area contributed by atoms with Crippen molar-refractivity contribution in [2.45, 2.75) is 26.8 Å². The smallest absolute Gasteiger partial charge is 0.270 e. The van der Waals surface area contributed by atoms with E-state index < -0.39 is 0 Å². The molecule has 2 aromatic carbocycles. The van der Waals surface area contributed by atoms with Gasteiger partial charge in [0.2, 0.25) is 0 Å². The summed E-state index contributed by atoms with van der Waals surface area (Å²) in [5, 5.41) is 4.86. The maximum atomic E-state index is 12.8. The van der Waals surface area contributed by atoms with Crippen LogP contribution in [0.5, 0.6) is 11.5 Å². The normalized spacial score (nSPS) is 11.8. The van der Waals surface area contributed by atoms with Gasteiger partial charge in [0.1, 0.15) is 5.69 Å². The van der Waals surface area contributed by atoms with E-state index in [1.165, 1.54) is 0 Å². The topological polar surface area (TPSA) is 60.5 Å². The summed E-state index contributed by atoms with van der Waals surface area (Å²) >= 11 is 0. The highest BCUT2D eigenvalue weighted by molar-refractivity contribution is 6.05. The summed E-state index contributed by atoms with van der Waals surface area (Å²) in [4.78, 5) is 17.1. The Kier molecular flexibility index (Phi) is 5.91. The maximum absolute atomic E-state index is 12.8. The number of carbonyl (C=O) groups excluding carboxylic acids is 1. The largest absolute Gasteiger partial charge is 0.490 e. The van der Waals surface area contributed by atoms with Crippen LogP contribution in [-0.2, 0) is 0 Å². The highest BCUT2D eigenvalue weighted by Crippen LogP contribution is 2.31. The first-order valence-electron chi connectivity index (χ1n) is 9.18. The molecular formula is C22H24N2O3. The molecule has 1 heterocycles. The van der Waals surface area contributed by atoms with Crippen molar-refractivity contribution in [3.63, 3.8) is 0 Å². The van der Waals surface area contributed by atoms with Crippen LogP contribution in [0.3, 0.4) is 0 Å². The molecular weight excluding hydrogens is 340 g/mol. The van der Waals surface area contributed by atoms with Gasteiger partial charge in [-0.1, -0.05) is 30.3 Å². The fourth-order valence-corrected chi connectivity index (χ4v) is 2.99. The minimum absolute atomic E-state index is 0.201. The Morgan fingerprint density at radius 2 is 1.78 bits per heavy atom. The Balaban J connectivity index is 1.83. The van der Waals surface area contributed by atoms with Crippen LogP contribution in [0, 0.1) is 0 Å². The molecule has 1 N–H and O–H groups in total. The number of benzene rings is 2. The van der Waals surface area contributed by atoms with Gasteiger partial charge in [-0.25, -0.2) is 0 Å². The second-order valence-corrected chi connectivity index (χ2v) is 6.15. The molecule has 1 unspecified atom stereocenters. The minimum atomic E-state index is -0.203. The van der Waals surface area contributed by atoms with Gasteiger partial charge in [0.15, 0.2) is 11.5 Å². The lowest BCUT2D eigenvalue weighted by Crippen LogP contribution is -2.27. The number of hydrogen-bond acceptors (Lipinski definition) is 4. The minimum Gasteiger partial charge on any atom is -0.490 e. The Hall–Kier alpha value is -3.08. The zero-order valence-corrected chi connectivity index (χ0v) is 15.9. The van der Waals surface area contributed by atoms with Gasteiger partial charge >= 0.3 is 0 Å². The summed E-state index contributed by atoms with van der Waals surface area (Å²) in [7, 11) is 0. The Bertz CT molecular complexity index is 934. The summed E-state index contributed by atoms with van der Waals surface area (Å²) in [6, 6.07) is 15.2. The molecule has 5 heteroatoms. The summed E-state index contributed by atoms with van der Waals surface area (Å²) in [6.45, 7) is 6.92. The SMILES string of the molecule is CCOc1ccc(C(C)NC(=O)c2nccc3ccccc23)cc1OCC. The average Bonchev–Trinajstić information content (AvgIpc) is 2.69. The van der Waals surface area contributed by atoms with Crippen LogP contribution in [0.1, 0.15) is 42.9 Å². The number of rotatable bonds is 7. The van der Waals surface area contributed by atoms with Crippen molar-refractivity contribution in [2.24, 2.45) is 0 Å². The summed E-state index contributed by atoms with van der Waals surface area (Å²) in [5.74, 6) is 1.18. The number of nitrogens with one attached hydrogen (secondary N) is 1. The molecule has 5 nitrogen and oxygen atoms in total. The molecule has 0 aliphatic rings. The number of carbonyl (C=O) groups is 1. The molecule has 0 saturated heterocycles. The Morgan fingerprint density at radius 1 is 1.04 bits per heavy atom. The first-order valence-corrected chi connectivity index (χ1v) is 9.18. The third-order valence-corrected chi connectivity index (χ3v) is 4.30. The lowest BCUT2D eigenvalue weighted by Gasteiger charge is -2.17. The van der Waals surface area contributed by atoms with Gasteiger partial charge in [-0.3, -0.25) is 9.78 Å². The highest BCUT2D eigenvalue weighted by atomic mass is 16.5. The molecule has 1 amide bonds. The monoisotopic (exact) mass is 364 g/mol. The molecule has 140 valence electrons. The fraction of sp³-hybridized carbons (Fsp3) is 0.273. The molecule has 0 bridgehead atoms. The number of hydrogen-bond donors (Lipinski definition) is 1. The predicted molar refractivity (Wildman–Crippen MR) is 106 cm³/mol. The number of nitrogens with zero attached hydrogens (tertiary/aromatic N) is 1. The molecule has 3 rings (SSSR count). The van der Waals surface area contributed by atoms with E-state index in [4.69, 9.17) is 9.47 Å². The van der Waals surface area contributed by atoms with Crippen molar-refractivity contribution in [3.8, 4) is 11.5 Å². The molecule has 0 spiro atoms. The number of aromatic nitrogens is 1. The van der Waals surface area contributed by atoms with E-state index in [-0.39, 0.29) is 11.9 Å². The molecule has 1 atom stereocenters. The quantitative estimate of drug-likeness (QED) is 0.669. The van der Waals surface area contributed by atoms with Gasteiger partial charge in [-0.05, 0) is 49.9 Å². The van der Waals surface area contributed by atoms with Crippen LogP contribution in [0.2, 0.25) is 0 Å². The standard InChI is InChI=1S/C22H24N2O3/c1-4-26-19-11-10-17(14-20(19)27-5-2)15(3)24-22(25)21-18-9-7-6-8-16(18)12-13-23-21/h6-15H,4-5H2,1-3H3,(H,24,25). The van der Waals surface area contributed by atoms with Crippen molar-refractivity contribution >= 4 is 16.7 Å². The number of fused-ring (bicyclic) bond motifs is 1. The van der Waals surface area contributed by atoms with E-state index in [9.17, 15) is 4.79 Å². The van der Waals surface area contributed by atoms with Crippen molar-refractivity contribution in [1.29, 1.82) is 0 Å². The lowest BCUT2D eigenvalue weighted by molar-refractivity contribution is 0.0936. The predicted octanol–water partition coefficient (Wildman–Crippen LogP) is 4.52. The molecule has 27 heavy (non-hydrogen) atoms. The van der Waals surface area contributed by atoms with E-state index in [0.29, 0.717) is 30.4 Å². The van der Waals surface area contributed by atoms with Crippen LogP contribution in [0.15, 0.2) is 54.7 Å². The average molecular weight is 364 g/mol. The Labute approximate surface area is 159 Å². The zero-order chi connectivity index (χ0) is 19.2. The lowest BCUT2D eigenvalue weighted by atomic mass is 10.1. The molecule has 3 aromatic rings. The molecule has 0 fully saturated rings. The molecule has 0 aliphatic heterocycles. The second-order valence-electron chi connectivity index (χ2n) is 6.15. The van der Waals surface area contributed by atoms with E-state index in [2.05, 4.69) is 10.3 Å². The zero-order valence-electron chi connectivity index (χ0n) is 15.9. The number of ether oxygens (including phenoxy) is 2. The fourth-order valence-electron chi connectivity index (χ4n) is 2.99.